The maximum atomic E-state index is 11.0. The number of methoxy groups -OCH3 is 3. The fourth-order valence-electron chi connectivity index (χ4n) is 12.9. The largest absolute Gasteiger partial charge is 0.481 e. The van der Waals surface area contributed by atoms with Crippen molar-refractivity contribution in [1.82, 2.24) is 41.2 Å². The van der Waals surface area contributed by atoms with Crippen LogP contribution in [0, 0.1) is 6.57 Å². The molecular formula is C86H163Br2N9O10. The quantitative estimate of drug-likeness (QED) is 0.0158. The van der Waals surface area contributed by atoms with Gasteiger partial charge < -0.3 is 29.3 Å². The molecule has 2 aromatic heterocycles. The molecule has 21 heteroatoms. The minimum atomic E-state index is -0.667. The third kappa shape index (κ3) is 99.9. The van der Waals surface area contributed by atoms with Crippen LogP contribution in [0.5, 0.6) is 0 Å². The summed E-state index contributed by atoms with van der Waals surface area (Å²) in [5, 5.41) is 47.3. The molecule has 0 amide bonds. The van der Waals surface area contributed by atoms with E-state index in [9.17, 15) is 24.0 Å². The highest BCUT2D eigenvalue weighted by molar-refractivity contribution is 9.09. The van der Waals surface area contributed by atoms with E-state index in [0.29, 0.717) is 38.6 Å². The number of unbranched alkanes of at least 4 members (excludes halogenated alkanes) is 60. The van der Waals surface area contributed by atoms with Crippen molar-refractivity contribution in [2.24, 2.45) is 0 Å². The van der Waals surface area contributed by atoms with E-state index in [2.05, 4.69) is 92.2 Å². The molecule has 2 heterocycles. The fraction of sp³-hybridized carbons (Fsp3) is 0.907. The molecule has 0 bridgehead atoms. The Morgan fingerprint density at radius 1 is 0.290 bits per heavy atom. The molecule has 2 aromatic rings. The van der Waals surface area contributed by atoms with E-state index in [4.69, 9.17) is 16.8 Å². The summed E-state index contributed by atoms with van der Waals surface area (Å²) in [5.41, 5.74) is 0. The topological polar surface area (TPSA) is 267 Å². The van der Waals surface area contributed by atoms with Crippen molar-refractivity contribution < 1.29 is 48.4 Å². The predicted molar refractivity (Wildman–Crippen MR) is 449 cm³/mol. The second-order valence-electron chi connectivity index (χ2n) is 29.7. The number of carbonyl (C=O) groups excluding carboxylic acids is 3. The van der Waals surface area contributed by atoms with Gasteiger partial charge in [-0.3, -0.25) is 24.0 Å². The van der Waals surface area contributed by atoms with Crippen LogP contribution in [0.3, 0.4) is 0 Å². The Balaban J connectivity index is -0.00000127. The van der Waals surface area contributed by atoms with Gasteiger partial charge in [-0.15, -0.1) is 20.4 Å². The third-order valence-electron chi connectivity index (χ3n) is 19.7. The van der Waals surface area contributed by atoms with Gasteiger partial charge in [-0.25, -0.2) is 6.57 Å². The molecular weight excluding hydrogens is 1480 g/mol. The van der Waals surface area contributed by atoms with Gasteiger partial charge in [0.05, 0.1) is 21.3 Å². The number of alkyl halides is 2. The van der Waals surface area contributed by atoms with Crippen LogP contribution in [0.25, 0.3) is 4.85 Å². The van der Waals surface area contributed by atoms with Crippen LogP contribution in [0.1, 0.15) is 461 Å². The molecule has 2 rings (SSSR count). The van der Waals surface area contributed by atoms with Gasteiger partial charge in [0.1, 0.15) is 0 Å². The lowest BCUT2D eigenvalue weighted by Crippen LogP contribution is -1.99. The number of carboxylic acid groups (broad SMARTS) is 2. The number of hydrogen-bond donors (Lipinski definition) is 4. The summed E-state index contributed by atoms with van der Waals surface area (Å²) in [6.07, 6.45) is 87.4. The SMILES string of the molecule is COC(=O)CCCCCCCCCCCCCCCBr.COC(=O)CCCCCCCCCCCCCCCc1nn[nH]n1.O=C(O)CCCCCCCCCCCCCCCBr.O=C(O)CCCCCCCCCCCCCCCc1nn[nH]n1.[C-]#[N+]CCCCCCCCCCCCCCCC(=O)OC. The molecule has 0 aliphatic heterocycles. The Morgan fingerprint density at radius 3 is 0.636 bits per heavy atom. The van der Waals surface area contributed by atoms with Gasteiger partial charge >= 0.3 is 29.8 Å². The summed E-state index contributed by atoms with van der Waals surface area (Å²) in [4.78, 5) is 56.8. The maximum absolute atomic E-state index is 11.0. The number of carbonyl (C=O) groups is 5. The molecule has 19 nitrogen and oxygen atoms in total. The van der Waals surface area contributed by atoms with Crippen molar-refractivity contribution in [2.45, 2.75) is 462 Å². The number of tetrazole rings is 2. The van der Waals surface area contributed by atoms with E-state index in [-0.39, 0.29) is 17.9 Å². The molecule has 626 valence electrons. The highest BCUT2D eigenvalue weighted by Gasteiger charge is 2.06. The number of aryl methyl sites for hydroxylation is 2. The van der Waals surface area contributed by atoms with Crippen molar-refractivity contribution in [2.75, 3.05) is 38.5 Å². The number of aromatic amines is 2. The first-order chi connectivity index (χ1) is 52.5. The van der Waals surface area contributed by atoms with Gasteiger partial charge in [-0.05, 0) is 64.2 Å². The first kappa shape index (κ1) is 107. The average Bonchev–Trinajstić information content (AvgIpc) is 1.91. The number of nitrogens with zero attached hydrogens (tertiary/aromatic N) is 7. The van der Waals surface area contributed by atoms with Gasteiger partial charge in [0.2, 0.25) is 6.54 Å². The number of carboxylic acids is 2. The molecule has 4 N–H and O–H groups in total. The lowest BCUT2D eigenvalue weighted by atomic mass is 10.0. The van der Waals surface area contributed by atoms with Gasteiger partial charge in [0, 0.05) is 62.0 Å². The highest BCUT2D eigenvalue weighted by Crippen LogP contribution is 2.20. The Bertz CT molecular complexity index is 2130. The summed E-state index contributed by atoms with van der Waals surface area (Å²) in [6, 6.07) is 0. The lowest BCUT2D eigenvalue weighted by Gasteiger charge is -2.03. The summed E-state index contributed by atoms with van der Waals surface area (Å²) in [5.74, 6) is 0.110. The number of esters is 3. The molecule has 0 spiro atoms. The number of aromatic nitrogens is 8. The van der Waals surface area contributed by atoms with Crippen molar-refractivity contribution in [1.29, 1.82) is 0 Å². The fourth-order valence-corrected chi connectivity index (χ4v) is 13.7. The molecule has 0 aliphatic rings. The molecule has 0 aromatic carbocycles. The molecule has 107 heavy (non-hydrogen) atoms. The Kier molecular flexibility index (Phi) is 96.2. The lowest BCUT2D eigenvalue weighted by molar-refractivity contribution is -0.141. The monoisotopic (exact) mass is 1640 g/mol. The van der Waals surface area contributed by atoms with E-state index in [1.807, 2.05) is 0 Å². The van der Waals surface area contributed by atoms with Gasteiger partial charge in [-0.2, -0.15) is 10.4 Å². The molecule has 0 fully saturated rings. The zero-order valence-corrected chi connectivity index (χ0v) is 72.3. The number of ether oxygens (including phenoxy) is 3. The van der Waals surface area contributed by atoms with Gasteiger partial charge in [0.25, 0.3) is 0 Å². The van der Waals surface area contributed by atoms with Crippen molar-refractivity contribution in [3.05, 3.63) is 23.1 Å². The highest BCUT2D eigenvalue weighted by atomic mass is 79.9. The Morgan fingerprint density at radius 2 is 0.467 bits per heavy atom. The van der Waals surface area contributed by atoms with E-state index >= 15 is 0 Å². The van der Waals surface area contributed by atoms with Crippen LogP contribution >= 0.6 is 31.9 Å². The molecule has 0 aliphatic carbocycles. The number of nitrogens with one attached hydrogen (secondary N) is 2. The predicted octanol–water partition coefficient (Wildman–Crippen LogP) is 26.1. The van der Waals surface area contributed by atoms with Gasteiger partial charge in [-0.1, -0.05) is 389 Å². The molecule has 0 unspecified atom stereocenters. The van der Waals surface area contributed by atoms with E-state index in [1.165, 1.54) is 362 Å². The number of hydrogen-bond acceptors (Lipinski definition) is 14. The standard InChI is InChI=1S/C18H34N4O2.C18H33NO2.C17H33BrO2.C17H32N4O2.C16H31BrO2/c1-24-18(23)16-14-12-10-8-6-4-2-3-5-7-9-11-13-15-17-19-21-22-20-17;1-19-17-15-13-11-9-7-5-3-4-6-8-10-12-14-16-18(20)21-2;1-20-17(19)15-13-11-9-7-5-3-2-4-6-8-10-12-14-16-18;22-17(23)15-13-11-9-7-5-3-1-2-4-6-8-10-12-14-16-18-20-21-19-16;17-15-13-11-9-7-5-3-1-2-4-6-8-10-12-14-16(18)19/h2-16H2,1H3,(H,19,20,21,22);3-17H2,2H3;2-16H2,1H3;1-15H2,(H,22,23)(H,18,19,20,21);1-15H2,(H,18,19). The summed E-state index contributed by atoms with van der Waals surface area (Å²) >= 11 is 6.93. The maximum Gasteiger partial charge on any atom is 0.305 e. The van der Waals surface area contributed by atoms with Crippen LogP contribution in [0.4, 0.5) is 0 Å². The third-order valence-corrected chi connectivity index (χ3v) is 20.8. The number of H-pyrrole nitrogens is 2. The number of aliphatic carboxylic acids is 2. The van der Waals surface area contributed by atoms with E-state index in [1.54, 1.807) is 0 Å². The first-order valence-electron chi connectivity index (χ1n) is 44.0. The van der Waals surface area contributed by atoms with Crippen LogP contribution in [0.15, 0.2) is 0 Å². The molecule has 0 atom stereocenters. The number of rotatable bonds is 77. The second-order valence-corrected chi connectivity index (χ2v) is 31.2. The normalized spacial score (nSPS) is 10.7. The van der Waals surface area contributed by atoms with Crippen molar-refractivity contribution >= 4 is 61.7 Å². The van der Waals surface area contributed by atoms with E-state index in [0.717, 1.165) is 112 Å². The summed E-state index contributed by atoms with van der Waals surface area (Å²) in [7, 11) is 4.37. The second kappa shape index (κ2) is 96.1. The zero-order valence-electron chi connectivity index (χ0n) is 69.1. The van der Waals surface area contributed by atoms with Crippen LogP contribution in [-0.4, -0.2) is 120 Å². The molecule has 0 saturated carbocycles. The first-order valence-corrected chi connectivity index (χ1v) is 46.3. The Labute approximate surface area is 671 Å². The summed E-state index contributed by atoms with van der Waals surface area (Å²) in [6.45, 7) is 7.41. The minimum absolute atomic E-state index is 0.0684. The smallest absolute Gasteiger partial charge is 0.305 e. The molecule has 0 saturated heterocycles. The van der Waals surface area contributed by atoms with Crippen LogP contribution in [0.2, 0.25) is 0 Å². The van der Waals surface area contributed by atoms with Crippen LogP contribution < -0.4 is 0 Å². The number of halogens is 2. The van der Waals surface area contributed by atoms with E-state index < -0.39 is 11.9 Å². The van der Waals surface area contributed by atoms with Gasteiger partial charge in [0.15, 0.2) is 11.6 Å². The Hall–Kier alpha value is -4.06. The van der Waals surface area contributed by atoms with Crippen LogP contribution in [-0.2, 0) is 51.0 Å². The zero-order chi connectivity index (χ0) is 78.6. The molecule has 0 radical (unpaired) electrons. The summed E-state index contributed by atoms with van der Waals surface area (Å²) < 4.78 is 13.9. The minimum Gasteiger partial charge on any atom is -0.481 e. The average molecular weight is 1640 g/mol. The van der Waals surface area contributed by atoms with Crippen molar-refractivity contribution in [3.8, 4) is 0 Å². The van der Waals surface area contributed by atoms with Crippen molar-refractivity contribution in [3.63, 3.8) is 0 Å².